The molecule has 31 heavy (non-hydrogen) atoms. The highest BCUT2D eigenvalue weighted by Crippen LogP contribution is 2.19. The lowest BCUT2D eigenvalue weighted by Crippen LogP contribution is -2.44. The molecule has 0 radical (unpaired) electrons. The van der Waals surface area contributed by atoms with Crippen LogP contribution in [-0.2, 0) is 6.54 Å². The summed E-state index contributed by atoms with van der Waals surface area (Å²) in [4.78, 5) is 31.8. The minimum absolute atomic E-state index is 0.145. The van der Waals surface area contributed by atoms with Crippen molar-refractivity contribution in [2.24, 2.45) is 0 Å². The topological polar surface area (TPSA) is 74.3 Å². The lowest BCUT2D eigenvalue weighted by atomic mass is 10.0. The Morgan fingerprint density at radius 2 is 1.74 bits per heavy atom. The number of nitrogens with one attached hydrogen (secondary N) is 2. The first-order valence-corrected chi connectivity index (χ1v) is 11.4. The minimum atomic E-state index is -0.217. The Morgan fingerprint density at radius 3 is 2.48 bits per heavy atom. The van der Waals surface area contributed by atoms with Gasteiger partial charge in [-0.3, -0.25) is 19.8 Å². The average Bonchev–Trinajstić information content (AvgIpc) is 3.25. The van der Waals surface area contributed by atoms with Crippen molar-refractivity contribution >= 4 is 28.3 Å². The molecular formula is C24H26N4O2S. The van der Waals surface area contributed by atoms with Gasteiger partial charge in [-0.2, -0.15) is 0 Å². The fraction of sp³-hybridized carbons (Fsp3) is 0.292. The second-order valence-corrected chi connectivity index (χ2v) is 8.67. The summed E-state index contributed by atoms with van der Waals surface area (Å²) < 4.78 is 0. The summed E-state index contributed by atoms with van der Waals surface area (Å²) in [6.45, 7) is 4.74. The number of likely N-dealkylation sites (tertiary alicyclic amines) is 1. The largest absolute Gasteiger partial charge is 0.348 e. The summed E-state index contributed by atoms with van der Waals surface area (Å²) >= 11 is 1.26. The fourth-order valence-electron chi connectivity index (χ4n) is 3.76. The van der Waals surface area contributed by atoms with E-state index in [9.17, 15) is 9.59 Å². The molecule has 0 atom stereocenters. The summed E-state index contributed by atoms with van der Waals surface area (Å²) in [5.41, 5.74) is 3.16. The molecule has 2 N–H and O–H groups in total. The lowest BCUT2D eigenvalue weighted by molar-refractivity contribution is 0.0903. The number of piperidine rings is 1. The number of amides is 2. The molecule has 3 aromatic rings. The van der Waals surface area contributed by atoms with E-state index in [1.54, 1.807) is 11.4 Å². The standard InChI is InChI=1S/C24H26N4O2S/c1-17-7-5-6-10-20(17)22(29)27-24-26-21(16-31-24)23(30)25-19-11-13-28(14-12-19)15-18-8-3-2-4-9-18/h2-10,16,19H,11-15H2,1H3,(H,25,30)(H,26,27,29). The van der Waals surface area contributed by atoms with E-state index >= 15 is 0 Å². The van der Waals surface area contributed by atoms with Crippen molar-refractivity contribution in [3.8, 4) is 0 Å². The van der Waals surface area contributed by atoms with Crippen LogP contribution in [0.25, 0.3) is 0 Å². The Kier molecular flexibility index (Phi) is 6.74. The van der Waals surface area contributed by atoms with Crippen LogP contribution in [0.2, 0.25) is 0 Å². The van der Waals surface area contributed by atoms with Gasteiger partial charge in [-0.1, -0.05) is 48.5 Å². The number of anilines is 1. The smallest absolute Gasteiger partial charge is 0.271 e. The fourth-order valence-corrected chi connectivity index (χ4v) is 4.45. The number of aryl methyl sites for hydroxylation is 1. The minimum Gasteiger partial charge on any atom is -0.348 e. The van der Waals surface area contributed by atoms with Crippen LogP contribution in [-0.4, -0.2) is 40.8 Å². The number of nitrogens with zero attached hydrogens (tertiary/aromatic N) is 2. The van der Waals surface area contributed by atoms with Gasteiger partial charge < -0.3 is 5.32 Å². The highest BCUT2D eigenvalue weighted by Gasteiger charge is 2.22. The van der Waals surface area contributed by atoms with Crippen molar-refractivity contribution in [2.45, 2.75) is 32.4 Å². The molecule has 0 spiro atoms. The average molecular weight is 435 g/mol. The molecule has 2 aromatic carbocycles. The summed E-state index contributed by atoms with van der Waals surface area (Å²) in [7, 11) is 0. The summed E-state index contributed by atoms with van der Waals surface area (Å²) in [6.07, 6.45) is 1.83. The van der Waals surface area contributed by atoms with Crippen molar-refractivity contribution in [1.82, 2.24) is 15.2 Å². The molecule has 0 saturated carbocycles. The van der Waals surface area contributed by atoms with E-state index in [1.807, 2.05) is 31.2 Å². The van der Waals surface area contributed by atoms with Gasteiger partial charge in [-0.05, 0) is 37.0 Å². The van der Waals surface area contributed by atoms with E-state index < -0.39 is 0 Å². The summed E-state index contributed by atoms with van der Waals surface area (Å²) in [5, 5.41) is 8.00. The number of carbonyl (C=O) groups is 2. The molecule has 1 fully saturated rings. The monoisotopic (exact) mass is 434 g/mol. The summed E-state index contributed by atoms with van der Waals surface area (Å²) in [5.74, 6) is -0.403. The first kappa shape index (κ1) is 21.2. The maximum absolute atomic E-state index is 12.6. The SMILES string of the molecule is Cc1ccccc1C(=O)Nc1nc(C(=O)NC2CCN(Cc3ccccc3)CC2)cs1. The predicted octanol–water partition coefficient (Wildman–Crippen LogP) is 4.10. The van der Waals surface area contributed by atoms with E-state index in [1.165, 1.54) is 16.9 Å². The van der Waals surface area contributed by atoms with Crippen molar-refractivity contribution in [3.63, 3.8) is 0 Å². The number of hydrogen-bond donors (Lipinski definition) is 2. The zero-order valence-electron chi connectivity index (χ0n) is 17.5. The zero-order chi connectivity index (χ0) is 21.6. The van der Waals surface area contributed by atoms with Crippen LogP contribution in [0.1, 0.15) is 44.8 Å². The maximum atomic E-state index is 12.6. The number of rotatable bonds is 6. The number of benzene rings is 2. The van der Waals surface area contributed by atoms with Gasteiger partial charge in [0.15, 0.2) is 5.13 Å². The number of hydrogen-bond acceptors (Lipinski definition) is 5. The zero-order valence-corrected chi connectivity index (χ0v) is 18.3. The highest BCUT2D eigenvalue weighted by atomic mass is 32.1. The van der Waals surface area contributed by atoms with Crippen LogP contribution in [0.5, 0.6) is 0 Å². The summed E-state index contributed by atoms with van der Waals surface area (Å²) in [6, 6.07) is 18.0. The normalized spacial score (nSPS) is 14.9. The third kappa shape index (κ3) is 5.57. The van der Waals surface area contributed by atoms with Gasteiger partial charge in [0, 0.05) is 36.6 Å². The van der Waals surface area contributed by atoms with Crippen LogP contribution < -0.4 is 10.6 Å². The second-order valence-electron chi connectivity index (χ2n) is 7.82. The van der Waals surface area contributed by atoms with E-state index in [0.29, 0.717) is 16.4 Å². The maximum Gasteiger partial charge on any atom is 0.271 e. The third-order valence-electron chi connectivity index (χ3n) is 5.52. The van der Waals surface area contributed by atoms with Gasteiger partial charge in [-0.25, -0.2) is 4.98 Å². The van der Waals surface area contributed by atoms with E-state index in [4.69, 9.17) is 0 Å². The van der Waals surface area contributed by atoms with Crippen LogP contribution in [0.15, 0.2) is 60.0 Å². The van der Waals surface area contributed by atoms with Crippen molar-refractivity contribution in [3.05, 3.63) is 82.4 Å². The van der Waals surface area contributed by atoms with Crippen molar-refractivity contribution in [1.29, 1.82) is 0 Å². The molecule has 6 nitrogen and oxygen atoms in total. The molecule has 0 bridgehead atoms. The number of aromatic nitrogens is 1. The molecule has 0 unspecified atom stereocenters. The van der Waals surface area contributed by atoms with E-state index in [-0.39, 0.29) is 17.9 Å². The molecule has 2 amide bonds. The molecule has 4 rings (SSSR count). The van der Waals surface area contributed by atoms with Crippen LogP contribution in [0.3, 0.4) is 0 Å². The van der Waals surface area contributed by atoms with Gasteiger partial charge in [0.25, 0.3) is 11.8 Å². The molecule has 0 aliphatic carbocycles. The van der Waals surface area contributed by atoms with Gasteiger partial charge >= 0.3 is 0 Å². The second kappa shape index (κ2) is 9.85. The quantitative estimate of drug-likeness (QED) is 0.613. The third-order valence-corrected chi connectivity index (χ3v) is 6.28. The van der Waals surface area contributed by atoms with Gasteiger partial charge in [-0.15, -0.1) is 11.3 Å². The number of thiazole rings is 1. The predicted molar refractivity (Wildman–Crippen MR) is 123 cm³/mol. The highest BCUT2D eigenvalue weighted by molar-refractivity contribution is 7.14. The van der Waals surface area contributed by atoms with E-state index in [2.05, 4.69) is 44.8 Å². The molecule has 160 valence electrons. The first-order chi connectivity index (χ1) is 15.1. The Bertz CT molecular complexity index is 1040. The van der Waals surface area contributed by atoms with Crippen molar-refractivity contribution < 1.29 is 9.59 Å². The molecule has 1 aromatic heterocycles. The Balaban J connectivity index is 1.27. The first-order valence-electron chi connectivity index (χ1n) is 10.5. The van der Waals surface area contributed by atoms with Gasteiger partial charge in [0.1, 0.15) is 5.69 Å². The van der Waals surface area contributed by atoms with Crippen LogP contribution in [0.4, 0.5) is 5.13 Å². The lowest BCUT2D eigenvalue weighted by Gasteiger charge is -2.32. The molecular weight excluding hydrogens is 408 g/mol. The number of carbonyl (C=O) groups excluding carboxylic acids is 2. The van der Waals surface area contributed by atoms with Gasteiger partial charge in [0.2, 0.25) is 0 Å². The Morgan fingerprint density at radius 1 is 1.03 bits per heavy atom. The Hall–Kier alpha value is -3.03. The van der Waals surface area contributed by atoms with E-state index in [0.717, 1.165) is 38.0 Å². The molecule has 1 aliphatic rings. The molecule has 2 heterocycles. The molecule has 1 aliphatic heterocycles. The van der Waals surface area contributed by atoms with Crippen molar-refractivity contribution in [2.75, 3.05) is 18.4 Å². The Labute approximate surface area is 186 Å². The molecule has 7 heteroatoms. The molecule has 1 saturated heterocycles. The van der Waals surface area contributed by atoms with Crippen LogP contribution in [0, 0.1) is 6.92 Å². The van der Waals surface area contributed by atoms with Crippen LogP contribution >= 0.6 is 11.3 Å². The van der Waals surface area contributed by atoms with Gasteiger partial charge in [0.05, 0.1) is 0 Å².